The maximum Gasteiger partial charge on any atom is 0.259 e. The fourth-order valence-electron chi connectivity index (χ4n) is 3.02. The first-order chi connectivity index (χ1) is 12.7. The Morgan fingerprint density at radius 2 is 1.42 bits per heavy atom. The van der Waals surface area contributed by atoms with Crippen molar-refractivity contribution in [3.63, 3.8) is 0 Å². The molecule has 0 saturated carbocycles. The Bertz CT molecular complexity index is 850. The highest BCUT2D eigenvalue weighted by Gasteiger charge is 2.18. The molecule has 4 heteroatoms. The summed E-state index contributed by atoms with van der Waals surface area (Å²) in [7, 11) is 0. The summed E-state index contributed by atoms with van der Waals surface area (Å²) in [4.78, 5) is 21.3. The van der Waals surface area contributed by atoms with E-state index in [2.05, 4.69) is 28.9 Å². The number of aromatic nitrogens is 1. The molecule has 26 heavy (non-hydrogen) atoms. The Morgan fingerprint density at radius 3 is 2.00 bits per heavy atom. The van der Waals surface area contributed by atoms with Gasteiger partial charge in [0.15, 0.2) is 0 Å². The van der Waals surface area contributed by atoms with Crippen LogP contribution in [0.1, 0.15) is 24.2 Å². The SMILES string of the molecule is CCN(C(=O)c1cncc(N(CC)c2ccccc2)c1)c1ccccc1. The highest BCUT2D eigenvalue weighted by molar-refractivity contribution is 6.06. The molecule has 3 aromatic rings. The van der Waals surface area contributed by atoms with E-state index in [1.165, 1.54) is 0 Å². The fourth-order valence-corrected chi connectivity index (χ4v) is 3.02. The number of benzene rings is 2. The van der Waals surface area contributed by atoms with E-state index >= 15 is 0 Å². The molecule has 0 radical (unpaired) electrons. The minimum atomic E-state index is -0.0443. The van der Waals surface area contributed by atoms with Gasteiger partial charge in [0, 0.05) is 30.7 Å². The zero-order valence-electron chi connectivity index (χ0n) is 15.2. The first-order valence-corrected chi connectivity index (χ1v) is 8.89. The molecule has 0 atom stereocenters. The maximum atomic E-state index is 13.0. The lowest BCUT2D eigenvalue weighted by Gasteiger charge is -2.25. The number of amides is 1. The number of rotatable bonds is 6. The van der Waals surface area contributed by atoms with Crippen molar-refractivity contribution in [2.24, 2.45) is 0 Å². The minimum absolute atomic E-state index is 0.0443. The van der Waals surface area contributed by atoms with Gasteiger partial charge in [-0.05, 0) is 44.2 Å². The first-order valence-electron chi connectivity index (χ1n) is 8.89. The van der Waals surface area contributed by atoms with Crippen LogP contribution in [0.2, 0.25) is 0 Å². The van der Waals surface area contributed by atoms with Crippen molar-refractivity contribution in [3.05, 3.63) is 84.7 Å². The smallest absolute Gasteiger partial charge is 0.259 e. The van der Waals surface area contributed by atoms with Crippen molar-refractivity contribution in [2.45, 2.75) is 13.8 Å². The van der Waals surface area contributed by atoms with Crippen LogP contribution in [0.25, 0.3) is 0 Å². The van der Waals surface area contributed by atoms with Gasteiger partial charge in [0.2, 0.25) is 0 Å². The molecule has 132 valence electrons. The van der Waals surface area contributed by atoms with E-state index in [9.17, 15) is 4.79 Å². The van der Waals surface area contributed by atoms with Gasteiger partial charge in [-0.2, -0.15) is 0 Å². The molecule has 0 aliphatic heterocycles. The summed E-state index contributed by atoms with van der Waals surface area (Å²) in [6.07, 6.45) is 3.43. The lowest BCUT2D eigenvalue weighted by molar-refractivity contribution is 0.0988. The molecule has 0 bridgehead atoms. The minimum Gasteiger partial charge on any atom is -0.340 e. The molecule has 1 heterocycles. The highest BCUT2D eigenvalue weighted by Crippen LogP contribution is 2.25. The number of carbonyl (C=O) groups excluding carboxylic acids is 1. The van der Waals surface area contributed by atoms with Crippen molar-refractivity contribution in [3.8, 4) is 0 Å². The quantitative estimate of drug-likeness (QED) is 0.637. The molecule has 0 fully saturated rings. The van der Waals surface area contributed by atoms with Crippen molar-refractivity contribution in [2.75, 3.05) is 22.9 Å². The standard InChI is InChI=1S/C22H23N3O/c1-3-24(19-11-7-5-8-12-19)21-15-18(16-23-17-21)22(26)25(4-2)20-13-9-6-10-14-20/h5-17H,3-4H2,1-2H3. The number of para-hydroxylation sites is 2. The van der Waals surface area contributed by atoms with Crippen LogP contribution in [0.4, 0.5) is 17.1 Å². The number of hydrogen-bond acceptors (Lipinski definition) is 3. The Balaban J connectivity index is 1.92. The van der Waals surface area contributed by atoms with Crippen LogP contribution in [0.15, 0.2) is 79.1 Å². The van der Waals surface area contributed by atoms with E-state index in [-0.39, 0.29) is 5.91 Å². The number of anilines is 3. The summed E-state index contributed by atoms with van der Waals surface area (Å²) < 4.78 is 0. The van der Waals surface area contributed by atoms with Crippen LogP contribution in [0.3, 0.4) is 0 Å². The lowest BCUT2D eigenvalue weighted by atomic mass is 10.2. The number of pyridine rings is 1. The Hall–Kier alpha value is -3.14. The normalized spacial score (nSPS) is 10.4. The molecule has 0 aliphatic carbocycles. The highest BCUT2D eigenvalue weighted by atomic mass is 16.2. The van der Waals surface area contributed by atoms with Gasteiger partial charge in [-0.25, -0.2) is 0 Å². The molecule has 0 unspecified atom stereocenters. The van der Waals surface area contributed by atoms with Crippen LogP contribution in [0, 0.1) is 0 Å². The molecule has 2 aromatic carbocycles. The molecule has 1 amide bonds. The predicted octanol–water partition coefficient (Wildman–Crippen LogP) is 4.91. The third kappa shape index (κ3) is 3.75. The number of hydrogen-bond donors (Lipinski definition) is 0. The molecule has 0 spiro atoms. The molecule has 0 saturated heterocycles. The van der Waals surface area contributed by atoms with Crippen molar-refractivity contribution in [1.82, 2.24) is 4.98 Å². The second-order valence-corrected chi connectivity index (χ2v) is 5.90. The van der Waals surface area contributed by atoms with Crippen LogP contribution < -0.4 is 9.80 Å². The molecule has 4 nitrogen and oxygen atoms in total. The Labute approximate surface area is 154 Å². The summed E-state index contributed by atoms with van der Waals surface area (Å²) in [5, 5.41) is 0. The second kappa shape index (κ2) is 8.30. The van der Waals surface area contributed by atoms with Crippen LogP contribution in [-0.4, -0.2) is 24.0 Å². The molecule has 3 rings (SSSR count). The van der Waals surface area contributed by atoms with Crippen LogP contribution >= 0.6 is 0 Å². The zero-order valence-corrected chi connectivity index (χ0v) is 15.2. The van der Waals surface area contributed by atoms with Gasteiger partial charge in [-0.15, -0.1) is 0 Å². The largest absolute Gasteiger partial charge is 0.340 e. The van der Waals surface area contributed by atoms with E-state index < -0.39 is 0 Å². The first kappa shape index (κ1) is 17.7. The van der Waals surface area contributed by atoms with Gasteiger partial charge in [-0.1, -0.05) is 36.4 Å². The van der Waals surface area contributed by atoms with Crippen LogP contribution in [0.5, 0.6) is 0 Å². The van der Waals surface area contributed by atoms with Crippen molar-refractivity contribution < 1.29 is 4.79 Å². The van der Waals surface area contributed by atoms with Crippen molar-refractivity contribution in [1.29, 1.82) is 0 Å². The fraction of sp³-hybridized carbons (Fsp3) is 0.182. The zero-order chi connectivity index (χ0) is 18.4. The van der Waals surface area contributed by atoms with E-state index in [1.807, 2.05) is 61.5 Å². The molecule has 1 aromatic heterocycles. The summed E-state index contributed by atoms with van der Waals surface area (Å²) >= 11 is 0. The van der Waals surface area contributed by atoms with E-state index in [0.29, 0.717) is 12.1 Å². The van der Waals surface area contributed by atoms with Gasteiger partial charge in [-0.3, -0.25) is 9.78 Å². The van der Waals surface area contributed by atoms with E-state index in [1.54, 1.807) is 17.3 Å². The second-order valence-electron chi connectivity index (χ2n) is 5.90. The van der Waals surface area contributed by atoms with Gasteiger partial charge in [0.1, 0.15) is 0 Å². The number of nitrogens with zero attached hydrogens (tertiary/aromatic N) is 3. The predicted molar refractivity (Wildman–Crippen MR) is 107 cm³/mol. The van der Waals surface area contributed by atoms with Gasteiger partial charge in [0.05, 0.1) is 17.4 Å². The van der Waals surface area contributed by atoms with Gasteiger partial charge >= 0.3 is 0 Å². The third-order valence-electron chi connectivity index (χ3n) is 4.30. The average Bonchev–Trinajstić information content (AvgIpc) is 2.71. The van der Waals surface area contributed by atoms with Crippen molar-refractivity contribution >= 4 is 23.0 Å². The maximum absolute atomic E-state index is 13.0. The summed E-state index contributed by atoms with van der Waals surface area (Å²) in [6.45, 7) is 5.46. The Morgan fingerprint density at radius 1 is 0.808 bits per heavy atom. The number of carbonyl (C=O) groups is 1. The van der Waals surface area contributed by atoms with Crippen LogP contribution in [-0.2, 0) is 0 Å². The lowest BCUT2D eigenvalue weighted by Crippen LogP contribution is -2.30. The van der Waals surface area contributed by atoms with E-state index in [4.69, 9.17) is 0 Å². The monoisotopic (exact) mass is 345 g/mol. The van der Waals surface area contributed by atoms with E-state index in [0.717, 1.165) is 23.6 Å². The molecular formula is C22H23N3O. The average molecular weight is 345 g/mol. The summed E-state index contributed by atoms with van der Waals surface area (Å²) in [5.74, 6) is -0.0443. The molecule has 0 N–H and O–H groups in total. The summed E-state index contributed by atoms with van der Waals surface area (Å²) in [5.41, 5.74) is 3.47. The third-order valence-corrected chi connectivity index (χ3v) is 4.30. The molecule has 0 aliphatic rings. The van der Waals surface area contributed by atoms with Gasteiger partial charge in [0.25, 0.3) is 5.91 Å². The molecular weight excluding hydrogens is 322 g/mol. The summed E-state index contributed by atoms with van der Waals surface area (Å²) in [6, 6.07) is 21.8. The Kier molecular flexibility index (Phi) is 5.64. The van der Waals surface area contributed by atoms with Gasteiger partial charge < -0.3 is 9.80 Å². The topological polar surface area (TPSA) is 36.4 Å².